The number of hydrogen-bond acceptors (Lipinski definition) is 2. The van der Waals surface area contributed by atoms with Gasteiger partial charge in [0.2, 0.25) is 0 Å². The third-order valence-electron chi connectivity index (χ3n) is 2.70. The van der Waals surface area contributed by atoms with Gasteiger partial charge in [-0.05, 0) is 23.3 Å². The molecule has 1 aromatic carbocycles. The maximum absolute atomic E-state index is 13.4. The summed E-state index contributed by atoms with van der Waals surface area (Å²) in [7, 11) is 0. The molecule has 0 saturated heterocycles. The van der Waals surface area contributed by atoms with Gasteiger partial charge in [0.1, 0.15) is 12.4 Å². The number of alkyl halides is 3. The van der Waals surface area contributed by atoms with Crippen LogP contribution in [-0.4, -0.2) is 27.0 Å². The second-order valence-electron chi connectivity index (χ2n) is 4.42. The molecule has 1 N–H and O–H groups in total. The number of rotatable bonds is 4. The predicted octanol–water partition coefficient (Wildman–Crippen LogP) is 2.88. The molecule has 21 heavy (non-hydrogen) atoms. The molecule has 2 aromatic rings. The lowest BCUT2D eigenvalue weighted by Crippen LogP contribution is -2.17. The van der Waals surface area contributed by atoms with Gasteiger partial charge in [0, 0.05) is 11.8 Å². The van der Waals surface area contributed by atoms with Crippen molar-refractivity contribution in [2.24, 2.45) is 0 Å². The fraction of sp³-hybridized carbons (Fsp3) is 0.231. The molecule has 8 heteroatoms. The first kappa shape index (κ1) is 15.0. The SMILES string of the molecule is O=C(O)Cc1cc(-c2cnn(CC(F)(F)F)c2)ccc1F. The fourth-order valence-electron chi connectivity index (χ4n) is 1.84. The van der Waals surface area contributed by atoms with E-state index in [4.69, 9.17) is 5.11 Å². The number of halogens is 4. The quantitative estimate of drug-likeness (QED) is 0.884. The Kier molecular flexibility index (Phi) is 3.97. The summed E-state index contributed by atoms with van der Waals surface area (Å²) in [5.74, 6) is -1.87. The highest BCUT2D eigenvalue weighted by molar-refractivity contribution is 5.72. The molecule has 0 radical (unpaired) electrons. The number of benzene rings is 1. The molecular weight excluding hydrogens is 292 g/mol. The summed E-state index contributed by atoms with van der Waals surface area (Å²) in [5, 5.41) is 12.3. The minimum Gasteiger partial charge on any atom is -0.481 e. The van der Waals surface area contributed by atoms with Gasteiger partial charge in [0.05, 0.1) is 12.6 Å². The van der Waals surface area contributed by atoms with Gasteiger partial charge in [-0.3, -0.25) is 9.48 Å². The van der Waals surface area contributed by atoms with Gasteiger partial charge < -0.3 is 5.11 Å². The summed E-state index contributed by atoms with van der Waals surface area (Å²) in [5.41, 5.74) is 0.718. The summed E-state index contributed by atoms with van der Waals surface area (Å²) in [6.07, 6.45) is -2.51. The van der Waals surface area contributed by atoms with Crippen molar-refractivity contribution in [2.75, 3.05) is 0 Å². The van der Waals surface area contributed by atoms with E-state index >= 15 is 0 Å². The molecule has 0 aliphatic rings. The largest absolute Gasteiger partial charge is 0.481 e. The third-order valence-corrected chi connectivity index (χ3v) is 2.70. The lowest BCUT2D eigenvalue weighted by molar-refractivity contribution is -0.142. The van der Waals surface area contributed by atoms with Crippen molar-refractivity contribution in [2.45, 2.75) is 19.1 Å². The molecule has 0 fully saturated rings. The van der Waals surface area contributed by atoms with E-state index in [-0.39, 0.29) is 5.56 Å². The molecule has 0 spiro atoms. The molecule has 0 saturated carbocycles. The molecule has 0 unspecified atom stereocenters. The first-order valence-electron chi connectivity index (χ1n) is 5.84. The van der Waals surface area contributed by atoms with E-state index in [9.17, 15) is 22.4 Å². The number of aromatic nitrogens is 2. The van der Waals surface area contributed by atoms with Gasteiger partial charge >= 0.3 is 12.1 Å². The van der Waals surface area contributed by atoms with E-state index in [0.717, 1.165) is 10.7 Å². The number of carboxylic acids is 1. The first-order valence-corrected chi connectivity index (χ1v) is 5.84. The number of carboxylic acid groups (broad SMARTS) is 1. The summed E-state index contributed by atoms with van der Waals surface area (Å²) >= 11 is 0. The summed E-state index contributed by atoms with van der Waals surface area (Å²) in [6.45, 7) is -1.23. The zero-order valence-corrected chi connectivity index (χ0v) is 10.6. The topological polar surface area (TPSA) is 55.1 Å². The Morgan fingerprint density at radius 3 is 2.62 bits per heavy atom. The van der Waals surface area contributed by atoms with Crippen LogP contribution in [0.25, 0.3) is 11.1 Å². The number of hydrogen-bond donors (Lipinski definition) is 1. The highest BCUT2D eigenvalue weighted by Gasteiger charge is 2.28. The van der Waals surface area contributed by atoms with Crippen LogP contribution < -0.4 is 0 Å². The van der Waals surface area contributed by atoms with Crippen LogP contribution in [0.4, 0.5) is 17.6 Å². The zero-order valence-electron chi connectivity index (χ0n) is 10.6. The van der Waals surface area contributed by atoms with Crippen LogP contribution in [0, 0.1) is 5.82 Å². The normalized spacial score (nSPS) is 11.6. The minimum absolute atomic E-state index is 0.0384. The average Bonchev–Trinajstić information content (AvgIpc) is 2.77. The molecule has 0 aliphatic heterocycles. The van der Waals surface area contributed by atoms with E-state index < -0.39 is 30.9 Å². The lowest BCUT2D eigenvalue weighted by Gasteiger charge is -2.05. The van der Waals surface area contributed by atoms with Crippen molar-refractivity contribution in [3.8, 4) is 11.1 Å². The number of nitrogens with zero attached hydrogens (tertiary/aromatic N) is 2. The highest BCUT2D eigenvalue weighted by Crippen LogP contribution is 2.24. The van der Waals surface area contributed by atoms with Gasteiger partial charge in [-0.1, -0.05) is 6.07 Å². The van der Waals surface area contributed by atoms with E-state index in [1.807, 2.05) is 0 Å². The fourth-order valence-corrected chi connectivity index (χ4v) is 1.84. The second kappa shape index (κ2) is 5.55. The van der Waals surface area contributed by atoms with Crippen LogP contribution >= 0.6 is 0 Å². The summed E-state index contributed by atoms with van der Waals surface area (Å²) < 4.78 is 50.9. The molecule has 2 rings (SSSR count). The zero-order chi connectivity index (χ0) is 15.6. The second-order valence-corrected chi connectivity index (χ2v) is 4.42. The van der Waals surface area contributed by atoms with Crippen LogP contribution in [0.15, 0.2) is 30.6 Å². The van der Waals surface area contributed by atoms with E-state index in [2.05, 4.69) is 5.10 Å². The summed E-state index contributed by atoms with van der Waals surface area (Å²) in [4.78, 5) is 10.6. The molecule has 0 amide bonds. The van der Waals surface area contributed by atoms with Gasteiger partial charge in [0.15, 0.2) is 0 Å². The smallest absolute Gasteiger partial charge is 0.408 e. The van der Waals surface area contributed by atoms with E-state index in [1.54, 1.807) is 0 Å². The Morgan fingerprint density at radius 1 is 1.29 bits per heavy atom. The van der Waals surface area contributed by atoms with Crippen LogP contribution in [0.3, 0.4) is 0 Å². The van der Waals surface area contributed by atoms with Crippen molar-refractivity contribution in [3.63, 3.8) is 0 Å². The predicted molar refractivity (Wildman–Crippen MR) is 65.0 cm³/mol. The molecule has 0 bridgehead atoms. The molecule has 112 valence electrons. The molecule has 1 heterocycles. The summed E-state index contributed by atoms with van der Waals surface area (Å²) in [6, 6.07) is 3.72. The molecule has 0 aliphatic carbocycles. The van der Waals surface area contributed by atoms with Gasteiger partial charge in [-0.2, -0.15) is 18.3 Å². The van der Waals surface area contributed by atoms with E-state index in [1.165, 1.54) is 24.5 Å². The average molecular weight is 302 g/mol. The molecule has 0 atom stereocenters. The lowest BCUT2D eigenvalue weighted by atomic mass is 10.0. The monoisotopic (exact) mass is 302 g/mol. The van der Waals surface area contributed by atoms with Crippen LogP contribution in [0.1, 0.15) is 5.56 Å². The van der Waals surface area contributed by atoms with Crippen LogP contribution in [0.2, 0.25) is 0 Å². The Bertz CT molecular complexity index is 664. The van der Waals surface area contributed by atoms with Crippen LogP contribution in [-0.2, 0) is 17.8 Å². The van der Waals surface area contributed by atoms with Gasteiger partial charge in [-0.15, -0.1) is 0 Å². The minimum atomic E-state index is -4.39. The Labute approximate surface area is 116 Å². The highest BCUT2D eigenvalue weighted by atomic mass is 19.4. The Balaban J connectivity index is 2.28. The molecule has 4 nitrogen and oxygen atoms in total. The number of aliphatic carboxylic acids is 1. The standard InChI is InChI=1S/C13H10F4N2O2/c14-11-2-1-8(3-9(11)4-12(20)21)10-5-18-19(6-10)7-13(15,16)17/h1-3,5-6H,4,7H2,(H,20,21). The number of carbonyl (C=O) groups is 1. The Morgan fingerprint density at radius 2 is 2.00 bits per heavy atom. The maximum Gasteiger partial charge on any atom is 0.408 e. The van der Waals surface area contributed by atoms with Crippen molar-refractivity contribution in [1.29, 1.82) is 0 Å². The molecular formula is C13H10F4N2O2. The first-order chi connectivity index (χ1) is 9.74. The van der Waals surface area contributed by atoms with Crippen molar-refractivity contribution >= 4 is 5.97 Å². The van der Waals surface area contributed by atoms with Gasteiger partial charge in [-0.25, -0.2) is 4.39 Å². The Hall–Kier alpha value is -2.38. The van der Waals surface area contributed by atoms with Crippen molar-refractivity contribution in [3.05, 3.63) is 42.0 Å². The van der Waals surface area contributed by atoms with Gasteiger partial charge in [0.25, 0.3) is 0 Å². The van der Waals surface area contributed by atoms with Crippen LogP contribution in [0.5, 0.6) is 0 Å². The molecule has 1 aromatic heterocycles. The van der Waals surface area contributed by atoms with Crippen molar-refractivity contribution in [1.82, 2.24) is 9.78 Å². The van der Waals surface area contributed by atoms with E-state index in [0.29, 0.717) is 11.1 Å². The third kappa shape index (κ3) is 4.04. The maximum atomic E-state index is 13.4. The van der Waals surface area contributed by atoms with Crippen molar-refractivity contribution < 1.29 is 27.5 Å².